The zero-order valence-corrected chi connectivity index (χ0v) is 25.9. The van der Waals surface area contributed by atoms with Crippen molar-refractivity contribution in [2.45, 2.75) is 83.9 Å². The third-order valence-corrected chi connectivity index (χ3v) is 12.7. The van der Waals surface area contributed by atoms with Gasteiger partial charge in [-0.25, -0.2) is 9.69 Å². The van der Waals surface area contributed by atoms with Gasteiger partial charge in [-0.1, -0.05) is 111 Å². The van der Waals surface area contributed by atoms with E-state index in [1.807, 2.05) is 32.9 Å². The molecular formula is C34H43NO4Si. The number of imide groups is 1. The highest BCUT2D eigenvalue weighted by Gasteiger charge is 2.51. The predicted molar refractivity (Wildman–Crippen MR) is 164 cm³/mol. The minimum absolute atomic E-state index is 0.000425. The summed E-state index contributed by atoms with van der Waals surface area (Å²) in [5, 5.41) is 2.10. The number of carbonyl (C=O) groups is 2. The molecule has 0 aromatic heterocycles. The maximum absolute atomic E-state index is 13.6. The molecule has 212 valence electrons. The molecule has 0 saturated carbocycles. The number of amides is 2. The monoisotopic (exact) mass is 557 g/mol. The van der Waals surface area contributed by atoms with E-state index in [-0.39, 0.29) is 29.9 Å². The molecule has 1 fully saturated rings. The summed E-state index contributed by atoms with van der Waals surface area (Å²) >= 11 is 0. The fourth-order valence-electron chi connectivity index (χ4n) is 5.81. The van der Waals surface area contributed by atoms with Crippen molar-refractivity contribution in [2.24, 2.45) is 0 Å². The van der Waals surface area contributed by atoms with Gasteiger partial charge in [-0.2, -0.15) is 0 Å². The lowest BCUT2D eigenvalue weighted by Gasteiger charge is -2.45. The number of piperidine rings is 1. The summed E-state index contributed by atoms with van der Waals surface area (Å²) in [4.78, 5) is 28.4. The van der Waals surface area contributed by atoms with Crippen molar-refractivity contribution < 1.29 is 18.8 Å². The van der Waals surface area contributed by atoms with Crippen LogP contribution >= 0.6 is 0 Å². The second-order valence-corrected chi connectivity index (χ2v) is 17.2. The van der Waals surface area contributed by atoms with Gasteiger partial charge in [-0.05, 0) is 61.0 Å². The predicted octanol–water partition coefficient (Wildman–Crippen LogP) is 6.58. The van der Waals surface area contributed by atoms with Crippen LogP contribution in [0.5, 0.6) is 0 Å². The van der Waals surface area contributed by atoms with Crippen molar-refractivity contribution >= 4 is 30.7 Å². The molecule has 2 amide bonds. The van der Waals surface area contributed by atoms with Gasteiger partial charge in [0.15, 0.2) is 0 Å². The van der Waals surface area contributed by atoms with Crippen LogP contribution in [0.1, 0.15) is 71.4 Å². The van der Waals surface area contributed by atoms with Crippen LogP contribution in [0.25, 0.3) is 0 Å². The van der Waals surface area contributed by atoms with Crippen LogP contribution < -0.4 is 10.4 Å². The van der Waals surface area contributed by atoms with Gasteiger partial charge in [-0.15, -0.1) is 0 Å². The van der Waals surface area contributed by atoms with Crippen molar-refractivity contribution in [1.29, 1.82) is 0 Å². The zero-order chi connectivity index (χ0) is 29.1. The van der Waals surface area contributed by atoms with E-state index in [9.17, 15) is 9.59 Å². The van der Waals surface area contributed by atoms with Crippen LogP contribution in [-0.2, 0) is 14.0 Å². The number of nitrogens with zero attached hydrogens (tertiary/aromatic N) is 1. The standard InChI is InChI=1S/C34H43NO4Si/c1-25-18-20-26(21-19-25)27-22-28(35(31(36)23-27)32(37)39-33(2,3)4)24-38-40(34(5,6)7,29-14-10-8-11-15-29)30-16-12-9-13-17-30/h8-21,27-28H,22-24H2,1-7H3/t27-,28-/m0/s1. The maximum Gasteiger partial charge on any atom is 0.417 e. The number of aryl methyl sites for hydroxylation is 1. The van der Waals surface area contributed by atoms with Gasteiger partial charge in [-0.3, -0.25) is 4.79 Å². The quantitative estimate of drug-likeness (QED) is 0.321. The molecule has 1 aliphatic heterocycles. The molecule has 5 nitrogen and oxygen atoms in total. The van der Waals surface area contributed by atoms with Crippen LogP contribution in [0, 0.1) is 6.92 Å². The largest absolute Gasteiger partial charge is 0.443 e. The van der Waals surface area contributed by atoms with E-state index >= 15 is 0 Å². The molecule has 1 heterocycles. The van der Waals surface area contributed by atoms with E-state index in [2.05, 4.69) is 100 Å². The first-order chi connectivity index (χ1) is 18.8. The van der Waals surface area contributed by atoms with Crippen molar-refractivity contribution in [1.82, 2.24) is 4.90 Å². The molecule has 0 bridgehead atoms. The molecule has 3 aromatic carbocycles. The molecule has 4 rings (SSSR count). The SMILES string of the molecule is Cc1ccc([C@@H]2CC(=O)N(C(=O)OC(C)(C)C)[C@H](CO[Si](c3ccccc3)(c3ccccc3)C(C)(C)C)C2)cc1. The third kappa shape index (κ3) is 6.39. The van der Waals surface area contributed by atoms with E-state index in [1.54, 1.807) is 0 Å². The highest BCUT2D eigenvalue weighted by Crippen LogP contribution is 2.39. The topological polar surface area (TPSA) is 55.8 Å². The molecular weight excluding hydrogens is 514 g/mol. The van der Waals surface area contributed by atoms with Gasteiger partial charge in [0, 0.05) is 6.42 Å². The van der Waals surface area contributed by atoms with E-state index < -0.39 is 26.1 Å². The summed E-state index contributed by atoms with van der Waals surface area (Å²) < 4.78 is 12.9. The Morgan fingerprint density at radius 1 is 0.850 bits per heavy atom. The lowest BCUT2D eigenvalue weighted by Crippen LogP contribution is -2.67. The molecule has 0 aliphatic carbocycles. The summed E-state index contributed by atoms with van der Waals surface area (Å²) in [5.41, 5.74) is 1.57. The van der Waals surface area contributed by atoms with E-state index in [4.69, 9.17) is 9.16 Å². The van der Waals surface area contributed by atoms with Crippen LogP contribution in [-0.4, -0.2) is 43.5 Å². The van der Waals surface area contributed by atoms with Gasteiger partial charge in [0.1, 0.15) is 5.60 Å². The van der Waals surface area contributed by atoms with Crippen molar-refractivity contribution in [3.63, 3.8) is 0 Å². The summed E-state index contributed by atoms with van der Waals surface area (Å²) in [5.74, 6) is -0.221. The lowest BCUT2D eigenvalue weighted by atomic mass is 9.85. The Labute approximate surface area is 240 Å². The Bertz CT molecular complexity index is 1250. The molecule has 0 N–H and O–H groups in total. The Hall–Kier alpha value is -3.22. The molecule has 6 heteroatoms. The van der Waals surface area contributed by atoms with Gasteiger partial charge in [0.05, 0.1) is 12.6 Å². The second kappa shape index (κ2) is 11.7. The summed E-state index contributed by atoms with van der Waals surface area (Å²) in [6.45, 7) is 14.4. The Morgan fingerprint density at radius 3 is 1.85 bits per heavy atom. The highest BCUT2D eigenvalue weighted by molar-refractivity contribution is 6.99. The van der Waals surface area contributed by atoms with Crippen LogP contribution in [0.3, 0.4) is 0 Å². The van der Waals surface area contributed by atoms with Crippen LogP contribution in [0.2, 0.25) is 5.04 Å². The molecule has 3 aromatic rings. The number of benzene rings is 3. The second-order valence-electron chi connectivity index (χ2n) is 12.9. The van der Waals surface area contributed by atoms with Crippen LogP contribution in [0.15, 0.2) is 84.9 Å². The van der Waals surface area contributed by atoms with Crippen molar-refractivity contribution in [2.75, 3.05) is 6.61 Å². The zero-order valence-electron chi connectivity index (χ0n) is 24.9. The molecule has 2 atom stereocenters. The average molecular weight is 558 g/mol. The number of hydrogen-bond acceptors (Lipinski definition) is 4. The van der Waals surface area contributed by atoms with E-state index in [0.29, 0.717) is 6.42 Å². The first-order valence-electron chi connectivity index (χ1n) is 14.2. The molecule has 1 saturated heterocycles. The Balaban J connectivity index is 1.75. The van der Waals surface area contributed by atoms with Crippen LogP contribution in [0.4, 0.5) is 4.79 Å². The van der Waals surface area contributed by atoms with E-state index in [1.165, 1.54) is 10.5 Å². The molecule has 0 spiro atoms. The third-order valence-electron chi connectivity index (χ3n) is 7.66. The minimum Gasteiger partial charge on any atom is -0.443 e. The number of rotatable bonds is 6. The minimum atomic E-state index is -2.87. The summed E-state index contributed by atoms with van der Waals surface area (Å²) in [6.07, 6.45) is 0.278. The highest BCUT2D eigenvalue weighted by atomic mass is 28.4. The Kier molecular flexibility index (Phi) is 8.71. The lowest BCUT2D eigenvalue weighted by molar-refractivity contribution is -0.136. The molecule has 1 aliphatic rings. The number of carbonyl (C=O) groups excluding carboxylic acids is 2. The van der Waals surface area contributed by atoms with Gasteiger partial charge in [0.2, 0.25) is 5.91 Å². The number of ether oxygens (including phenoxy) is 1. The van der Waals surface area contributed by atoms with E-state index in [0.717, 1.165) is 15.9 Å². The van der Waals surface area contributed by atoms with Crippen molar-refractivity contribution in [3.05, 3.63) is 96.1 Å². The average Bonchev–Trinajstić information content (AvgIpc) is 2.88. The number of hydrogen-bond donors (Lipinski definition) is 0. The van der Waals surface area contributed by atoms with Crippen molar-refractivity contribution in [3.8, 4) is 0 Å². The Morgan fingerprint density at radius 2 is 1.38 bits per heavy atom. The summed E-state index contributed by atoms with van der Waals surface area (Å²) in [7, 11) is -2.87. The molecule has 40 heavy (non-hydrogen) atoms. The van der Waals surface area contributed by atoms with Gasteiger partial charge >= 0.3 is 6.09 Å². The maximum atomic E-state index is 13.6. The number of likely N-dealkylation sites (tertiary alicyclic amines) is 1. The normalized spacial score (nSPS) is 18.5. The molecule has 0 unspecified atom stereocenters. The molecule has 0 radical (unpaired) electrons. The first kappa shape index (κ1) is 29.8. The smallest absolute Gasteiger partial charge is 0.417 e. The summed E-state index contributed by atoms with van der Waals surface area (Å²) in [6, 6.07) is 28.7. The van der Waals surface area contributed by atoms with Gasteiger partial charge in [0.25, 0.3) is 8.32 Å². The first-order valence-corrected chi connectivity index (χ1v) is 16.1. The fourth-order valence-corrected chi connectivity index (χ4v) is 10.4. The fraction of sp³-hybridized carbons (Fsp3) is 0.412. The van der Waals surface area contributed by atoms with Gasteiger partial charge < -0.3 is 9.16 Å².